The molecule has 18 heteroatoms. The third-order valence-corrected chi connectivity index (χ3v) is 13.6. The molecule has 5 N–H and O–H groups in total. The van der Waals surface area contributed by atoms with Gasteiger partial charge in [-0.1, -0.05) is 13.0 Å². The maximum Gasteiger partial charge on any atom is 0.271 e. The van der Waals surface area contributed by atoms with Gasteiger partial charge >= 0.3 is 0 Å². The Morgan fingerprint density at radius 2 is 1.67 bits per heavy atom. The lowest BCUT2D eigenvalue weighted by Gasteiger charge is -2.46. The minimum atomic E-state index is -0.663. The molecule has 0 bridgehead atoms. The molecule has 63 heavy (non-hydrogen) atoms. The first-order valence-electron chi connectivity index (χ1n) is 22.4. The van der Waals surface area contributed by atoms with Crippen LogP contribution in [-0.4, -0.2) is 145 Å². The van der Waals surface area contributed by atoms with Crippen molar-refractivity contribution in [2.45, 2.75) is 76.5 Å². The summed E-state index contributed by atoms with van der Waals surface area (Å²) in [5.41, 5.74) is 10.6. The average Bonchev–Trinajstić information content (AvgIpc) is 3.62. The Morgan fingerprint density at radius 1 is 0.905 bits per heavy atom. The fourth-order valence-corrected chi connectivity index (χ4v) is 10.0. The zero-order valence-corrected chi connectivity index (χ0v) is 36.1. The van der Waals surface area contributed by atoms with E-state index in [-0.39, 0.29) is 47.6 Å². The number of ether oxygens (including phenoxy) is 2. The lowest BCUT2D eigenvalue weighted by molar-refractivity contribution is -0.139. The van der Waals surface area contributed by atoms with E-state index in [0.717, 1.165) is 68.8 Å². The van der Waals surface area contributed by atoms with Gasteiger partial charge in [-0.2, -0.15) is 0 Å². The Kier molecular flexibility index (Phi) is 12.1. The van der Waals surface area contributed by atoms with Gasteiger partial charge in [-0.25, -0.2) is 9.97 Å². The number of nitrogens with zero attached hydrogens (tertiary/aromatic N) is 7. The van der Waals surface area contributed by atoms with E-state index < -0.39 is 17.9 Å². The lowest BCUT2D eigenvalue weighted by atomic mass is 9.95. The second kappa shape index (κ2) is 18.0. The summed E-state index contributed by atoms with van der Waals surface area (Å²) in [6.07, 6.45) is 4.83. The summed E-state index contributed by atoms with van der Waals surface area (Å²) in [6.45, 7) is 9.63. The van der Waals surface area contributed by atoms with Crippen LogP contribution >= 0.6 is 0 Å². The molecule has 5 saturated heterocycles. The van der Waals surface area contributed by atoms with Crippen LogP contribution in [0.1, 0.15) is 77.6 Å². The van der Waals surface area contributed by atoms with E-state index >= 15 is 0 Å². The third kappa shape index (κ3) is 8.57. The van der Waals surface area contributed by atoms with Crippen LogP contribution in [0.25, 0.3) is 0 Å². The predicted octanol–water partition coefficient (Wildman–Crippen LogP) is 2.49. The number of aromatic nitrogens is 2. The Balaban J connectivity index is 0.760. The number of piperazine rings is 1. The van der Waals surface area contributed by atoms with Gasteiger partial charge in [0, 0.05) is 119 Å². The average molecular weight is 864 g/mol. The maximum atomic E-state index is 13.7. The van der Waals surface area contributed by atoms with Crippen molar-refractivity contribution >= 4 is 58.2 Å². The minimum absolute atomic E-state index is 0.0858. The maximum absolute atomic E-state index is 13.7. The van der Waals surface area contributed by atoms with Gasteiger partial charge in [0.25, 0.3) is 11.8 Å². The summed E-state index contributed by atoms with van der Waals surface area (Å²) in [4.78, 5) is 83.9. The smallest absolute Gasteiger partial charge is 0.271 e. The zero-order valence-electron chi connectivity index (χ0n) is 36.1. The number of anilines is 5. The number of fused-ring (bicyclic) bond motifs is 1. The molecule has 6 aliphatic rings. The predicted molar refractivity (Wildman–Crippen MR) is 235 cm³/mol. The SMILES string of the molecule is CCc1nc(C(N)=O)c(Nc2ccc(N3CCC(N4CCN(C(=O)C5CN(c6cccc7c6CN(C6CCC(=O)NC6=O)C7=O)C5)CC4)CC3)c(OC)c2)nc1NC1CCOCC1. The molecule has 3 aromatic rings. The van der Waals surface area contributed by atoms with Crippen LogP contribution in [-0.2, 0) is 32.1 Å². The normalized spacial score (nSPS) is 21.6. The number of nitrogens with one attached hydrogen (secondary N) is 3. The van der Waals surface area contributed by atoms with Crippen LogP contribution in [0.4, 0.5) is 28.7 Å². The number of hydrogen-bond donors (Lipinski definition) is 4. The molecule has 1 aromatic heterocycles. The molecular weight excluding hydrogens is 807 g/mol. The highest BCUT2D eigenvalue weighted by Crippen LogP contribution is 2.38. The summed E-state index contributed by atoms with van der Waals surface area (Å²) >= 11 is 0. The van der Waals surface area contributed by atoms with Crippen LogP contribution in [0.5, 0.6) is 5.75 Å². The van der Waals surface area contributed by atoms with Gasteiger partial charge in [0.15, 0.2) is 17.3 Å². The summed E-state index contributed by atoms with van der Waals surface area (Å²) in [5, 5.41) is 9.17. The Hall–Kier alpha value is -6.01. The summed E-state index contributed by atoms with van der Waals surface area (Å²) in [6, 6.07) is 11.5. The molecule has 5 fully saturated rings. The number of rotatable bonds is 12. The van der Waals surface area contributed by atoms with Crippen molar-refractivity contribution in [2.24, 2.45) is 11.7 Å². The van der Waals surface area contributed by atoms with Crippen molar-refractivity contribution in [3.05, 3.63) is 58.9 Å². The van der Waals surface area contributed by atoms with Crippen LogP contribution in [0.15, 0.2) is 36.4 Å². The molecule has 7 heterocycles. The van der Waals surface area contributed by atoms with E-state index in [4.69, 9.17) is 20.2 Å². The van der Waals surface area contributed by atoms with Crippen LogP contribution in [0, 0.1) is 5.92 Å². The molecule has 1 atom stereocenters. The zero-order chi connectivity index (χ0) is 43.8. The number of piperidine rings is 2. The van der Waals surface area contributed by atoms with E-state index in [1.54, 1.807) is 18.1 Å². The van der Waals surface area contributed by atoms with Crippen molar-refractivity contribution in [1.29, 1.82) is 0 Å². The summed E-state index contributed by atoms with van der Waals surface area (Å²) in [7, 11) is 1.66. The molecule has 0 aliphatic carbocycles. The number of hydrogen-bond acceptors (Lipinski definition) is 14. The van der Waals surface area contributed by atoms with Gasteiger partial charge in [-0.15, -0.1) is 0 Å². The van der Waals surface area contributed by atoms with Gasteiger partial charge in [-0.3, -0.25) is 34.2 Å². The summed E-state index contributed by atoms with van der Waals surface area (Å²) < 4.78 is 11.4. The Labute approximate surface area is 366 Å². The first kappa shape index (κ1) is 42.3. The van der Waals surface area contributed by atoms with E-state index in [1.807, 2.05) is 42.2 Å². The quantitative estimate of drug-likeness (QED) is 0.193. The molecule has 1 unspecified atom stereocenters. The topological polar surface area (TPSA) is 208 Å². The largest absolute Gasteiger partial charge is 0.495 e. The van der Waals surface area contributed by atoms with Gasteiger partial charge in [-0.05, 0) is 62.8 Å². The van der Waals surface area contributed by atoms with Crippen LogP contribution < -0.4 is 36.2 Å². The van der Waals surface area contributed by atoms with E-state index in [2.05, 4.69) is 35.6 Å². The number of aryl methyl sites for hydroxylation is 1. The highest BCUT2D eigenvalue weighted by Gasteiger charge is 2.43. The van der Waals surface area contributed by atoms with Gasteiger partial charge in [0.1, 0.15) is 11.8 Å². The molecule has 6 aliphatic heterocycles. The number of methoxy groups -OCH3 is 1. The first-order valence-corrected chi connectivity index (χ1v) is 22.4. The highest BCUT2D eigenvalue weighted by atomic mass is 16.5. The van der Waals surface area contributed by atoms with Crippen molar-refractivity contribution < 1.29 is 33.4 Å². The van der Waals surface area contributed by atoms with Gasteiger partial charge in [0.2, 0.25) is 17.7 Å². The van der Waals surface area contributed by atoms with Crippen LogP contribution in [0.2, 0.25) is 0 Å². The molecule has 0 spiro atoms. The Morgan fingerprint density at radius 3 is 2.37 bits per heavy atom. The first-order chi connectivity index (χ1) is 30.6. The number of carbonyl (C=O) groups is 5. The molecule has 9 rings (SSSR count). The molecule has 2 aromatic carbocycles. The number of primary amides is 1. The monoisotopic (exact) mass is 863 g/mol. The van der Waals surface area contributed by atoms with Crippen LogP contribution in [0.3, 0.4) is 0 Å². The molecule has 0 saturated carbocycles. The molecule has 5 amide bonds. The molecule has 0 radical (unpaired) electrons. The molecular formula is C45H57N11O7. The van der Waals surface area contributed by atoms with Crippen molar-refractivity contribution in [3.8, 4) is 5.75 Å². The van der Waals surface area contributed by atoms with Crippen molar-refractivity contribution in [3.63, 3.8) is 0 Å². The standard InChI is InChI=1S/C45H57N11O7/c1-3-33-41(47-28-13-21-63-22-14-28)51-42(39(49-33)40(46)58)48-29-7-8-35(37(23-29)62-2)53-15-11-30(12-16-53)52-17-19-54(20-18-52)44(60)27-24-55(25-27)34-6-4-5-31-32(34)26-56(45(31)61)36-9-10-38(57)50-43(36)59/h4-8,23,27-28,30,36H,3,9-22,24-26H2,1-2H3,(H2,46,58)(H2,47,48,51)(H,50,57,59). The van der Waals surface area contributed by atoms with Crippen molar-refractivity contribution in [1.82, 2.24) is 30.0 Å². The number of carbonyl (C=O) groups excluding carboxylic acids is 5. The minimum Gasteiger partial charge on any atom is -0.495 e. The second-order valence-electron chi connectivity index (χ2n) is 17.4. The second-order valence-corrected chi connectivity index (χ2v) is 17.4. The number of amides is 5. The molecule has 18 nitrogen and oxygen atoms in total. The van der Waals surface area contributed by atoms with Gasteiger partial charge in [0.05, 0.1) is 24.4 Å². The van der Waals surface area contributed by atoms with Crippen molar-refractivity contribution in [2.75, 3.05) is 93.1 Å². The lowest BCUT2D eigenvalue weighted by Crippen LogP contribution is -2.59. The fourth-order valence-electron chi connectivity index (χ4n) is 10.0. The third-order valence-electron chi connectivity index (χ3n) is 13.6. The van der Waals surface area contributed by atoms with E-state index in [1.165, 1.54) is 0 Å². The van der Waals surface area contributed by atoms with E-state index in [0.29, 0.717) is 93.3 Å². The molecule has 334 valence electrons. The number of imide groups is 1. The van der Waals surface area contributed by atoms with Gasteiger partial charge < -0.3 is 45.4 Å². The fraction of sp³-hybridized carbons (Fsp3) is 0.533. The number of nitrogens with two attached hydrogens (primary N) is 1. The number of benzene rings is 2. The summed E-state index contributed by atoms with van der Waals surface area (Å²) in [5.74, 6) is 0.130. The highest BCUT2D eigenvalue weighted by molar-refractivity contribution is 6.06. The van der Waals surface area contributed by atoms with E-state index in [9.17, 15) is 24.0 Å². The Bertz CT molecular complexity index is 2260.